The van der Waals surface area contributed by atoms with Gasteiger partial charge in [0.25, 0.3) is 5.91 Å². The Balaban J connectivity index is 2.05. The molecular weight excluding hydrogens is 287 g/mol. The van der Waals surface area contributed by atoms with Gasteiger partial charge in [0.1, 0.15) is 11.5 Å². The van der Waals surface area contributed by atoms with E-state index in [-0.39, 0.29) is 6.04 Å². The maximum atomic E-state index is 13.6. The van der Waals surface area contributed by atoms with Crippen LogP contribution in [-0.4, -0.2) is 44.9 Å². The van der Waals surface area contributed by atoms with Crippen molar-refractivity contribution in [1.82, 2.24) is 5.32 Å². The molecule has 0 radical (unpaired) electrons. The molecule has 0 aliphatic carbocycles. The number of amides is 1. The van der Waals surface area contributed by atoms with Crippen molar-refractivity contribution in [2.75, 3.05) is 32.2 Å². The van der Waals surface area contributed by atoms with E-state index >= 15 is 0 Å². The number of hydrogen-bond donors (Lipinski definition) is 1. The maximum absolute atomic E-state index is 13.6. The molecule has 1 aromatic rings. The molecule has 0 bridgehead atoms. The van der Waals surface area contributed by atoms with Crippen LogP contribution in [0.3, 0.4) is 0 Å². The van der Waals surface area contributed by atoms with Crippen LogP contribution in [0.1, 0.15) is 20.3 Å². The summed E-state index contributed by atoms with van der Waals surface area (Å²) in [5, 5.41) is 2.76. The van der Waals surface area contributed by atoms with E-state index in [1.165, 1.54) is 13.8 Å². The van der Waals surface area contributed by atoms with Gasteiger partial charge in [0.2, 0.25) is 0 Å². The fraction of sp³-hybridized carbons (Fsp3) is 0.562. The Bertz CT molecular complexity index is 520. The first kappa shape index (κ1) is 16.4. The van der Waals surface area contributed by atoms with Crippen LogP contribution in [0.2, 0.25) is 0 Å². The predicted octanol–water partition coefficient (Wildman–Crippen LogP) is 2.15. The van der Waals surface area contributed by atoms with Crippen molar-refractivity contribution < 1.29 is 18.7 Å². The smallest absolute Gasteiger partial charge is 0.257 e. The topological polar surface area (TPSA) is 50.8 Å². The molecule has 22 heavy (non-hydrogen) atoms. The molecule has 1 amide bonds. The minimum Gasteiger partial charge on any atom is -0.497 e. The molecule has 1 unspecified atom stereocenters. The number of carbonyl (C=O) groups excluding carboxylic acids is 1. The zero-order chi connectivity index (χ0) is 16.3. The van der Waals surface area contributed by atoms with Crippen molar-refractivity contribution in [3.8, 4) is 11.5 Å². The molecular formula is C16H23FN2O3. The molecule has 1 N–H and O–H groups in total. The maximum Gasteiger partial charge on any atom is 0.257 e. The standard InChI is InChI=1S/C16H23FN2O3/c1-16(2,17)15(20)18-11-5-6-19(10-11)12-7-13(21-3)9-14(8-12)22-4/h7-9,11H,5-6,10H2,1-4H3,(H,18,20). The molecule has 1 aromatic carbocycles. The number of rotatable bonds is 5. The number of nitrogens with zero attached hydrogens (tertiary/aromatic N) is 1. The van der Waals surface area contributed by atoms with Gasteiger partial charge in [0.15, 0.2) is 5.67 Å². The molecule has 5 nitrogen and oxygen atoms in total. The monoisotopic (exact) mass is 310 g/mol. The number of alkyl halides is 1. The third kappa shape index (κ3) is 3.81. The lowest BCUT2D eigenvalue weighted by atomic mass is 10.1. The van der Waals surface area contributed by atoms with Gasteiger partial charge < -0.3 is 19.7 Å². The SMILES string of the molecule is COc1cc(OC)cc(N2CCC(NC(=O)C(C)(C)F)C2)c1. The van der Waals surface area contributed by atoms with Crippen LogP contribution in [0.4, 0.5) is 10.1 Å². The third-order valence-corrected chi connectivity index (χ3v) is 3.76. The van der Waals surface area contributed by atoms with Gasteiger partial charge in [-0.3, -0.25) is 4.79 Å². The van der Waals surface area contributed by atoms with E-state index in [4.69, 9.17) is 9.47 Å². The van der Waals surface area contributed by atoms with E-state index in [1.807, 2.05) is 18.2 Å². The molecule has 1 aliphatic heterocycles. The van der Waals surface area contributed by atoms with Gasteiger partial charge in [-0.15, -0.1) is 0 Å². The number of nitrogens with one attached hydrogen (secondary N) is 1. The van der Waals surface area contributed by atoms with Gasteiger partial charge >= 0.3 is 0 Å². The van der Waals surface area contributed by atoms with E-state index in [0.717, 1.165) is 18.7 Å². The normalized spacial score (nSPS) is 18.2. The second-order valence-electron chi connectivity index (χ2n) is 5.95. The minimum absolute atomic E-state index is 0.0558. The molecule has 1 saturated heterocycles. The second-order valence-corrected chi connectivity index (χ2v) is 5.95. The Hall–Kier alpha value is -1.98. The van der Waals surface area contributed by atoms with Crippen molar-refractivity contribution in [3.05, 3.63) is 18.2 Å². The first-order chi connectivity index (χ1) is 10.3. The lowest BCUT2D eigenvalue weighted by Crippen LogP contribution is -2.45. The minimum atomic E-state index is -1.85. The van der Waals surface area contributed by atoms with E-state index in [0.29, 0.717) is 18.0 Å². The van der Waals surface area contributed by atoms with Crippen LogP contribution in [0.15, 0.2) is 18.2 Å². The molecule has 0 saturated carbocycles. The lowest BCUT2D eigenvalue weighted by molar-refractivity contribution is -0.131. The van der Waals surface area contributed by atoms with E-state index in [1.54, 1.807) is 14.2 Å². The highest BCUT2D eigenvalue weighted by Gasteiger charge is 2.31. The summed E-state index contributed by atoms with van der Waals surface area (Å²) in [6, 6.07) is 5.60. The molecule has 1 aliphatic rings. The average molecular weight is 310 g/mol. The Morgan fingerprint density at radius 1 is 1.27 bits per heavy atom. The quantitative estimate of drug-likeness (QED) is 0.905. The zero-order valence-electron chi connectivity index (χ0n) is 13.5. The summed E-state index contributed by atoms with van der Waals surface area (Å²) in [5.41, 5.74) is -0.889. The third-order valence-electron chi connectivity index (χ3n) is 3.76. The van der Waals surface area contributed by atoms with Crippen molar-refractivity contribution in [2.45, 2.75) is 32.0 Å². The van der Waals surface area contributed by atoms with E-state index in [2.05, 4.69) is 10.2 Å². The van der Waals surface area contributed by atoms with Crippen LogP contribution in [0.5, 0.6) is 11.5 Å². The summed E-state index contributed by atoms with van der Waals surface area (Å²) < 4.78 is 24.1. The molecule has 1 fully saturated rings. The number of benzene rings is 1. The lowest BCUT2D eigenvalue weighted by Gasteiger charge is -2.22. The van der Waals surface area contributed by atoms with Crippen molar-refractivity contribution in [3.63, 3.8) is 0 Å². The van der Waals surface area contributed by atoms with Crippen LogP contribution in [0.25, 0.3) is 0 Å². The van der Waals surface area contributed by atoms with Gasteiger partial charge in [-0.2, -0.15) is 0 Å². The van der Waals surface area contributed by atoms with E-state index in [9.17, 15) is 9.18 Å². The number of carbonyl (C=O) groups is 1. The fourth-order valence-corrected chi connectivity index (χ4v) is 2.44. The summed E-state index contributed by atoms with van der Waals surface area (Å²) in [7, 11) is 3.21. The van der Waals surface area contributed by atoms with Crippen LogP contribution < -0.4 is 19.7 Å². The van der Waals surface area contributed by atoms with E-state index < -0.39 is 11.6 Å². The molecule has 0 aromatic heterocycles. The highest BCUT2D eigenvalue weighted by atomic mass is 19.1. The second kappa shape index (κ2) is 6.42. The number of anilines is 1. The Labute approximate surface area is 130 Å². The predicted molar refractivity (Wildman–Crippen MR) is 83.5 cm³/mol. The summed E-state index contributed by atoms with van der Waals surface area (Å²) in [5.74, 6) is 0.862. The van der Waals surface area contributed by atoms with Crippen LogP contribution >= 0.6 is 0 Å². The largest absolute Gasteiger partial charge is 0.497 e. The molecule has 1 heterocycles. The first-order valence-electron chi connectivity index (χ1n) is 7.31. The van der Waals surface area contributed by atoms with Crippen LogP contribution in [-0.2, 0) is 4.79 Å². The fourth-order valence-electron chi connectivity index (χ4n) is 2.44. The highest BCUT2D eigenvalue weighted by molar-refractivity contribution is 5.84. The molecule has 0 spiro atoms. The summed E-state index contributed by atoms with van der Waals surface area (Å²) in [6.45, 7) is 3.95. The van der Waals surface area contributed by atoms with Crippen molar-refractivity contribution in [1.29, 1.82) is 0 Å². The molecule has 2 rings (SSSR count). The number of halogens is 1. The first-order valence-corrected chi connectivity index (χ1v) is 7.31. The zero-order valence-corrected chi connectivity index (χ0v) is 13.5. The van der Waals surface area contributed by atoms with Crippen molar-refractivity contribution >= 4 is 11.6 Å². The summed E-state index contributed by atoms with van der Waals surface area (Å²) >= 11 is 0. The van der Waals surface area contributed by atoms with Gasteiger partial charge in [0, 0.05) is 43.0 Å². The Kier molecular flexibility index (Phi) is 4.78. The van der Waals surface area contributed by atoms with Gasteiger partial charge in [-0.1, -0.05) is 0 Å². The van der Waals surface area contributed by atoms with Gasteiger partial charge in [-0.05, 0) is 20.3 Å². The molecule has 6 heteroatoms. The molecule has 1 atom stereocenters. The van der Waals surface area contributed by atoms with Crippen molar-refractivity contribution in [2.24, 2.45) is 0 Å². The number of hydrogen-bond acceptors (Lipinski definition) is 4. The summed E-state index contributed by atoms with van der Waals surface area (Å²) in [6.07, 6.45) is 0.779. The van der Waals surface area contributed by atoms with Crippen LogP contribution in [0, 0.1) is 0 Å². The number of ether oxygens (including phenoxy) is 2. The highest BCUT2D eigenvalue weighted by Crippen LogP contribution is 2.30. The average Bonchev–Trinajstić information content (AvgIpc) is 2.94. The Morgan fingerprint density at radius 2 is 1.86 bits per heavy atom. The molecule has 122 valence electrons. The van der Waals surface area contributed by atoms with Gasteiger partial charge in [-0.25, -0.2) is 4.39 Å². The van der Waals surface area contributed by atoms with Gasteiger partial charge in [0.05, 0.1) is 14.2 Å². The summed E-state index contributed by atoms with van der Waals surface area (Å²) in [4.78, 5) is 13.8. The Morgan fingerprint density at radius 3 is 2.36 bits per heavy atom. The number of methoxy groups -OCH3 is 2.